The number of carbonyl (C=O) groups excluding carboxylic acids is 4. The molecule has 0 bridgehead atoms. The summed E-state index contributed by atoms with van der Waals surface area (Å²) in [6.45, 7) is 1.37. The lowest BCUT2D eigenvalue weighted by atomic mass is 9.81. The summed E-state index contributed by atoms with van der Waals surface area (Å²) in [4.78, 5) is 58.1. The highest BCUT2D eigenvalue weighted by Crippen LogP contribution is 2.40. The highest BCUT2D eigenvalue weighted by atomic mass is 35.5. The molecule has 0 spiro atoms. The maximum absolute atomic E-state index is 13.3. The third-order valence-electron chi connectivity index (χ3n) is 8.15. The molecule has 2 unspecified atom stereocenters. The Bertz CT molecular complexity index is 1730. The number of carbonyl (C=O) groups is 4. The number of hydrogen-bond acceptors (Lipinski definition) is 6. The smallest absolute Gasteiger partial charge is 0.339 e. The number of ketones is 1. The molecule has 1 aliphatic carbocycles. The van der Waals surface area contributed by atoms with Crippen molar-refractivity contribution in [2.24, 2.45) is 11.8 Å². The summed E-state index contributed by atoms with van der Waals surface area (Å²) >= 11 is 12.3. The molecule has 2 atom stereocenters. The summed E-state index contributed by atoms with van der Waals surface area (Å²) < 4.78 is 5.44. The molecule has 2 heterocycles. The van der Waals surface area contributed by atoms with Gasteiger partial charge in [-0.25, -0.2) is 9.78 Å². The molecule has 1 aliphatic heterocycles. The second kappa shape index (κ2) is 11.3. The molecule has 3 aromatic carbocycles. The van der Waals surface area contributed by atoms with Crippen molar-refractivity contribution < 1.29 is 23.9 Å². The van der Waals surface area contributed by atoms with Crippen LogP contribution in [-0.4, -0.2) is 35.2 Å². The number of nitrogens with zero attached hydrogens (tertiary/aromatic N) is 2. The standard InChI is InChI=1S/C33H26Cl2N2O5/c1-18-27(35)15-14-23-26(33(41)42-17-29(38)20-6-10-21(34)11-7-20)16-28(36-30(18)23)19-8-12-22(13-9-19)37-31(39)24-4-2-3-5-25(24)32(37)40/h6-16,24-25H,2-5,17H2,1H3. The minimum atomic E-state index is -0.680. The second-order valence-electron chi connectivity index (χ2n) is 10.7. The number of hydrogen-bond donors (Lipinski definition) is 0. The van der Waals surface area contributed by atoms with Crippen LogP contribution in [0.15, 0.2) is 66.7 Å². The maximum Gasteiger partial charge on any atom is 0.339 e. The number of pyridine rings is 1. The Morgan fingerprint density at radius 3 is 2.19 bits per heavy atom. The van der Waals surface area contributed by atoms with E-state index in [0.717, 1.165) is 25.7 Å². The van der Waals surface area contributed by atoms with Gasteiger partial charge in [-0.1, -0.05) is 54.2 Å². The van der Waals surface area contributed by atoms with E-state index in [1.54, 1.807) is 66.7 Å². The van der Waals surface area contributed by atoms with Crippen molar-refractivity contribution >= 4 is 63.4 Å². The predicted molar refractivity (Wildman–Crippen MR) is 161 cm³/mol. The Kier molecular flexibility index (Phi) is 7.56. The Labute approximate surface area is 252 Å². The van der Waals surface area contributed by atoms with Gasteiger partial charge in [-0.2, -0.15) is 0 Å². The van der Waals surface area contributed by atoms with Crippen molar-refractivity contribution in [3.8, 4) is 11.3 Å². The van der Waals surface area contributed by atoms with Gasteiger partial charge in [0.1, 0.15) is 0 Å². The normalized spacial score (nSPS) is 18.3. The van der Waals surface area contributed by atoms with Crippen LogP contribution < -0.4 is 4.90 Å². The SMILES string of the molecule is Cc1c(Cl)ccc2c(C(=O)OCC(=O)c3ccc(Cl)cc3)cc(-c3ccc(N4C(=O)C5CCCCC5C4=O)cc3)nc12. The van der Waals surface area contributed by atoms with Crippen LogP contribution in [0, 0.1) is 18.8 Å². The molecule has 9 heteroatoms. The van der Waals surface area contributed by atoms with Crippen LogP contribution in [0.5, 0.6) is 0 Å². The van der Waals surface area contributed by atoms with Crippen molar-refractivity contribution in [3.63, 3.8) is 0 Å². The van der Waals surface area contributed by atoms with E-state index in [1.165, 1.54) is 4.90 Å². The number of rotatable bonds is 6. The molecule has 1 saturated carbocycles. The molecule has 2 fully saturated rings. The highest BCUT2D eigenvalue weighted by Gasteiger charge is 2.48. The quantitative estimate of drug-likeness (QED) is 0.131. The van der Waals surface area contributed by atoms with Gasteiger partial charge in [0, 0.05) is 26.6 Å². The van der Waals surface area contributed by atoms with Gasteiger partial charge in [0.15, 0.2) is 12.4 Å². The zero-order chi connectivity index (χ0) is 29.5. The number of Topliss-reactive ketones (excluding diaryl/α,β-unsaturated/α-hetero) is 1. The molecule has 212 valence electrons. The predicted octanol–water partition coefficient (Wildman–Crippen LogP) is 7.24. The van der Waals surface area contributed by atoms with Gasteiger partial charge in [0.05, 0.1) is 34.3 Å². The summed E-state index contributed by atoms with van der Waals surface area (Å²) in [6, 6.07) is 18.3. The largest absolute Gasteiger partial charge is 0.454 e. The van der Waals surface area contributed by atoms with Crippen LogP contribution in [0.25, 0.3) is 22.2 Å². The van der Waals surface area contributed by atoms with E-state index in [1.807, 2.05) is 6.92 Å². The second-order valence-corrected chi connectivity index (χ2v) is 11.5. The minimum Gasteiger partial charge on any atom is -0.454 e. The molecule has 1 saturated heterocycles. The number of esters is 1. The number of benzene rings is 3. The molecule has 6 rings (SSSR count). The summed E-state index contributed by atoms with van der Waals surface area (Å²) in [7, 11) is 0. The fourth-order valence-corrected chi connectivity index (χ4v) is 6.13. The number of halogens is 2. The van der Waals surface area contributed by atoms with Gasteiger partial charge in [-0.05, 0) is 73.9 Å². The van der Waals surface area contributed by atoms with Crippen molar-refractivity contribution in [3.05, 3.63) is 93.5 Å². The molecule has 42 heavy (non-hydrogen) atoms. The molecule has 2 aliphatic rings. The van der Waals surface area contributed by atoms with Crippen LogP contribution in [0.3, 0.4) is 0 Å². The number of anilines is 1. The Balaban J connectivity index is 1.31. The highest BCUT2D eigenvalue weighted by molar-refractivity contribution is 6.32. The lowest BCUT2D eigenvalue weighted by Crippen LogP contribution is -2.30. The van der Waals surface area contributed by atoms with Crippen molar-refractivity contribution in [2.75, 3.05) is 11.5 Å². The number of ether oxygens (including phenoxy) is 1. The molecular weight excluding hydrogens is 575 g/mol. The molecule has 2 amide bonds. The summed E-state index contributed by atoms with van der Waals surface area (Å²) in [5.41, 5.74) is 3.49. The first-order valence-electron chi connectivity index (χ1n) is 13.8. The molecular formula is C33H26Cl2N2O5. The van der Waals surface area contributed by atoms with Gasteiger partial charge in [0.25, 0.3) is 0 Å². The fraction of sp³-hybridized carbons (Fsp3) is 0.242. The van der Waals surface area contributed by atoms with E-state index in [9.17, 15) is 19.2 Å². The topological polar surface area (TPSA) is 93.6 Å². The lowest BCUT2D eigenvalue weighted by molar-refractivity contribution is -0.122. The minimum absolute atomic E-state index is 0.135. The molecule has 1 aromatic heterocycles. The Hall–Kier alpha value is -4.07. The van der Waals surface area contributed by atoms with Gasteiger partial charge in [-0.15, -0.1) is 0 Å². The van der Waals surface area contributed by atoms with E-state index in [2.05, 4.69) is 0 Å². The van der Waals surface area contributed by atoms with Crippen LogP contribution >= 0.6 is 23.2 Å². The van der Waals surface area contributed by atoms with Crippen molar-refractivity contribution in [2.45, 2.75) is 32.6 Å². The molecule has 4 aromatic rings. The summed E-state index contributed by atoms with van der Waals surface area (Å²) in [5, 5.41) is 1.53. The van der Waals surface area contributed by atoms with Crippen LogP contribution in [-0.2, 0) is 14.3 Å². The van der Waals surface area contributed by atoms with E-state index in [-0.39, 0.29) is 35.0 Å². The van der Waals surface area contributed by atoms with E-state index in [0.29, 0.717) is 49.0 Å². The zero-order valence-electron chi connectivity index (χ0n) is 22.7. The number of imide groups is 1. The van der Waals surface area contributed by atoms with E-state index < -0.39 is 12.6 Å². The number of amides is 2. The third-order valence-corrected chi connectivity index (χ3v) is 8.81. The fourth-order valence-electron chi connectivity index (χ4n) is 5.85. The molecule has 7 nitrogen and oxygen atoms in total. The van der Waals surface area contributed by atoms with Crippen LogP contribution in [0.4, 0.5) is 5.69 Å². The first-order valence-corrected chi connectivity index (χ1v) is 14.5. The van der Waals surface area contributed by atoms with Crippen LogP contribution in [0.2, 0.25) is 10.0 Å². The van der Waals surface area contributed by atoms with Gasteiger partial charge < -0.3 is 4.74 Å². The summed E-state index contributed by atoms with van der Waals surface area (Å²) in [5.74, 6) is -1.78. The van der Waals surface area contributed by atoms with Crippen LogP contribution in [0.1, 0.15) is 52.0 Å². The first-order chi connectivity index (χ1) is 20.2. The van der Waals surface area contributed by atoms with Gasteiger partial charge >= 0.3 is 5.97 Å². The maximum atomic E-state index is 13.3. The Morgan fingerprint density at radius 1 is 0.905 bits per heavy atom. The van der Waals surface area contributed by atoms with E-state index in [4.69, 9.17) is 32.9 Å². The molecule has 0 radical (unpaired) electrons. The van der Waals surface area contributed by atoms with Crippen molar-refractivity contribution in [1.82, 2.24) is 4.98 Å². The average molecular weight is 601 g/mol. The monoisotopic (exact) mass is 600 g/mol. The zero-order valence-corrected chi connectivity index (χ0v) is 24.2. The van der Waals surface area contributed by atoms with Gasteiger partial charge in [0.2, 0.25) is 11.8 Å². The number of aromatic nitrogens is 1. The van der Waals surface area contributed by atoms with Gasteiger partial charge in [-0.3, -0.25) is 19.3 Å². The van der Waals surface area contributed by atoms with E-state index >= 15 is 0 Å². The lowest BCUT2D eigenvalue weighted by Gasteiger charge is -2.19. The molecule has 0 N–H and O–H groups in total. The number of aryl methyl sites for hydroxylation is 1. The number of fused-ring (bicyclic) bond motifs is 2. The summed E-state index contributed by atoms with van der Waals surface area (Å²) in [6.07, 6.45) is 3.42. The van der Waals surface area contributed by atoms with Crippen molar-refractivity contribution in [1.29, 1.82) is 0 Å². The first kappa shape index (κ1) is 28.1. The Morgan fingerprint density at radius 2 is 1.55 bits per heavy atom. The third kappa shape index (κ3) is 5.08. The average Bonchev–Trinajstić information content (AvgIpc) is 3.27.